The summed E-state index contributed by atoms with van der Waals surface area (Å²) in [5.41, 5.74) is -1.19. The predicted octanol–water partition coefficient (Wildman–Crippen LogP) is 1.90. The number of nitrogens with one attached hydrogen (secondary N) is 1. The van der Waals surface area contributed by atoms with E-state index < -0.39 is 17.5 Å². The van der Waals surface area contributed by atoms with Gasteiger partial charge in [0.25, 0.3) is 0 Å². The third-order valence-electron chi connectivity index (χ3n) is 4.03. The first-order chi connectivity index (χ1) is 11.2. The van der Waals surface area contributed by atoms with E-state index in [1.54, 1.807) is 14.0 Å². The molecule has 6 nitrogen and oxygen atoms in total. The minimum Gasteiger partial charge on any atom is -0.497 e. The number of carbonyl (C=O) groups is 2. The zero-order valence-electron chi connectivity index (χ0n) is 13.9. The molecule has 0 spiro atoms. The van der Waals surface area contributed by atoms with Gasteiger partial charge in [0.2, 0.25) is 5.91 Å². The van der Waals surface area contributed by atoms with Gasteiger partial charge in [-0.2, -0.15) is 0 Å². The first-order valence-electron chi connectivity index (χ1n) is 7.56. The average molecular weight is 331 g/mol. The number of benzene rings is 2. The number of aliphatic hydroxyl groups is 1. The minimum atomic E-state index is -1.99. The summed E-state index contributed by atoms with van der Waals surface area (Å²) < 4.78 is 5.19. The number of hydrogen-bond donors (Lipinski definition) is 3. The molecule has 2 aromatic rings. The van der Waals surface area contributed by atoms with Crippen molar-refractivity contribution in [1.82, 2.24) is 5.32 Å². The molecular formula is C18H21NO5. The van der Waals surface area contributed by atoms with Crippen molar-refractivity contribution < 1.29 is 24.5 Å². The van der Waals surface area contributed by atoms with Crippen molar-refractivity contribution in [3.63, 3.8) is 0 Å². The van der Waals surface area contributed by atoms with Crippen molar-refractivity contribution in [3.8, 4) is 5.75 Å². The fourth-order valence-corrected chi connectivity index (χ4v) is 2.28. The Bertz CT molecular complexity index is 769. The molecule has 0 radical (unpaired) electrons. The Balaban J connectivity index is 2.14. The first kappa shape index (κ1) is 17.7. The zero-order chi connectivity index (χ0) is 17.9. The van der Waals surface area contributed by atoms with Crippen LogP contribution >= 0.6 is 0 Å². The summed E-state index contributed by atoms with van der Waals surface area (Å²) in [5.74, 6) is -1.43. The molecule has 0 saturated heterocycles. The van der Waals surface area contributed by atoms with E-state index in [2.05, 4.69) is 5.32 Å². The third-order valence-corrected chi connectivity index (χ3v) is 4.03. The second-order valence-electron chi connectivity index (χ2n) is 5.99. The Morgan fingerprint density at radius 1 is 1.21 bits per heavy atom. The Morgan fingerprint density at radius 3 is 2.46 bits per heavy atom. The molecule has 0 aliphatic carbocycles. The van der Waals surface area contributed by atoms with Crippen LogP contribution in [0.2, 0.25) is 0 Å². The van der Waals surface area contributed by atoms with E-state index in [1.165, 1.54) is 0 Å². The van der Waals surface area contributed by atoms with Crippen LogP contribution in [0.4, 0.5) is 0 Å². The standard InChI is InChI=1S/C18H21NO5/c1-11(16(20)19-10-18(2,23)17(21)22)12-4-5-14-9-15(24-3)7-6-13(14)8-12/h4-9,11,23H,10H2,1-3H3,(H,19,20)(H,21,22). The molecule has 24 heavy (non-hydrogen) atoms. The molecule has 2 unspecified atom stereocenters. The van der Waals surface area contributed by atoms with Crippen LogP contribution in [0.15, 0.2) is 36.4 Å². The van der Waals surface area contributed by atoms with E-state index in [-0.39, 0.29) is 12.5 Å². The fourth-order valence-electron chi connectivity index (χ4n) is 2.28. The van der Waals surface area contributed by atoms with Crippen LogP contribution in [0.25, 0.3) is 10.8 Å². The van der Waals surface area contributed by atoms with E-state index in [0.717, 1.165) is 29.0 Å². The molecule has 2 rings (SSSR count). The topological polar surface area (TPSA) is 95.9 Å². The normalized spacial score (nSPS) is 14.7. The zero-order valence-corrected chi connectivity index (χ0v) is 13.9. The van der Waals surface area contributed by atoms with Gasteiger partial charge in [0.15, 0.2) is 5.60 Å². The molecule has 0 aliphatic rings. The maximum Gasteiger partial charge on any atom is 0.337 e. The molecule has 0 fully saturated rings. The first-order valence-corrected chi connectivity index (χ1v) is 7.56. The van der Waals surface area contributed by atoms with E-state index in [9.17, 15) is 14.7 Å². The van der Waals surface area contributed by atoms with Gasteiger partial charge in [-0.3, -0.25) is 4.79 Å². The average Bonchev–Trinajstić information content (AvgIpc) is 2.57. The number of ether oxygens (including phenoxy) is 1. The number of aliphatic carboxylic acids is 1. The highest BCUT2D eigenvalue weighted by Gasteiger charge is 2.31. The SMILES string of the molecule is COc1ccc2cc(C(C)C(=O)NCC(C)(O)C(=O)O)ccc2c1. The smallest absolute Gasteiger partial charge is 0.337 e. The van der Waals surface area contributed by atoms with Crippen LogP contribution in [0.5, 0.6) is 5.75 Å². The lowest BCUT2D eigenvalue weighted by Crippen LogP contribution is -2.47. The Hall–Kier alpha value is -2.60. The molecule has 128 valence electrons. The number of amides is 1. The molecule has 3 N–H and O–H groups in total. The minimum absolute atomic E-state index is 0.343. The molecular weight excluding hydrogens is 310 g/mol. The maximum absolute atomic E-state index is 12.2. The number of carboxylic acids is 1. The quantitative estimate of drug-likeness (QED) is 0.751. The number of carboxylic acid groups (broad SMARTS) is 1. The molecule has 0 aliphatic heterocycles. The maximum atomic E-state index is 12.2. The second-order valence-corrected chi connectivity index (χ2v) is 5.99. The van der Waals surface area contributed by atoms with Gasteiger partial charge in [-0.05, 0) is 42.3 Å². The van der Waals surface area contributed by atoms with Gasteiger partial charge < -0.3 is 20.3 Å². The van der Waals surface area contributed by atoms with Crippen molar-refractivity contribution in [2.75, 3.05) is 13.7 Å². The number of methoxy groups -OCH3 is 1. The summed E-state index contributed by atoms with van der Waals surface area (Å²) >= 11 is 0. The molecule has 0 saturated carbocycles. The van der Waals surface area contributed by atoms with Crippen LogP contribution in [0.1, 0.15) is 25.3 Å². The van der Waals surface area contributed by atoms with Gasteiger partial charge >= 0.3 is 5.97 Å². The van der Waals surface area contributed by atoms with Gasteiger partial charge in [-0.15, -0.1) is 0 Å². The molecule has 1 amide bonds. The summed E-state index contributed by atoms with van der Waals surface area (Å²) in [6, 6.07) is 11.3. The van der Waals surface area contributed by atoms with Crippen LogP contribution in [0.3, 0.4) is 0 Å². The Labute approximate surface area is 140 Å². The second kappa shape index (κ2) is 6.88. The van der Waals surface area contributed by atoms with Crippen LogP contribution in [-0.2, 0) is 9.59 Å². The highest BCUT2D eigenvalue weighted by Crippen LogP contribution is 2.25. The monoisotopic (exact) mass is 331 g/mol. The number of rotatable bonds is 6. The van der Waals surface area contributed by atoms with Crippen molar-refractivity contribution in [3.05, 3.63) is 42.0 Å². The summed E-state index contributed by atoms with van der Waals surface area (Å²) in [7, 11) is 1.61. The van der Waals surface area contributed by atoms with E-state index in [1.807, 2.05) is 36.4 Å². The van der Waals surface area contributed by atoms with Gasteiger partial charge in [-0.25, -0.2) is 4.79 Å². The van der Waals surface area contributed by atoms with Gasteiger partial charge in [0.1, 0.15) is 5.75 Å². The lowest BCUT2D eigenvalue weighted by Gasteiger charge is -2.20. The van der Waals surface area contributed by atoms with Crippen molar-refractivity contribution in [2.45, 2.75) is 25.4 Å². The lowest BCUT2D eigenvalue weighted by atomic mass is 9.96. The largest absolute Gasteiger partial charge is 0.497 e. The van der Waals surface area contributed by atoms with Crippen LogP contribution < -0.4 is 10.1 Å². The Morgan fingerprint density at radius 2 is 1.83 bits per heavy atom. The number of carbonyl (C=O) groups excluding carboxylic acids is 1. The van der Waals surface area contributed by atoms with Gasteiger partial charge in [0, 0.05) is 0 Å². The van der Waals surface area contributed by atoms with Crippen molar-refractivity contribution >= 4 is 22.6 Å². The van der Waals surface area contributed by atoms with E-state index in [4.69, 9.17) is 9.84 Å². The summed E-state index contributed by atoms with van der Waals surface area (Å²) in [6.07, 6.45) is 0. The van der Waals surface area contributed by atoms with Crippen molar-refractivity contribution in [1.29, 1.82) is 0 Å². The predicted molar refractivity (Wildman–Crippen MR) is 90.2 cm³/mol. The lowest BCUT2D eigenvalue weighted by molar-refractivity contribution is -0.156. The molecule has 0 aromatic heterocycles. The van der Waals surface area contributed by atoms with Crippen LogP contribution in [0, 0.1) is 0 Å². The summed E-state index contributed by atoms with van der Waals surface area (Å²) in [4.78, 5) is 23.1. The summed E-state index contributed by atoms with van der Waals surface area (Å²) in [5, 5.41) is 23.0. The Kier molecular flexibility index (Phi) is 5.09. The fraction of sp³-hybridized carbons (Fsp3) is 0.333. The molecule has 2 aromatic carbocycles. The molecule has 6 heteroatoms. The van der Waals surface area contributed by atoms with E-state index >= 15 is 0 Å². The molecule has 0 bridgehead atoms. The highest BCUT2D eigenvalue weighted by molar-refractivity contribution is 5.88. The van der Waals surface area contributed by atoms with E-state index in [0.29, 0.717) is 0 Å². The van der Waals surface area contributed by atoms with Gasteiger partial charge in [-0.1, -0.05) is 24.3 Å². The number of fused-ring (bicyclic) bond motifs is 1. The van der Waals surface area contributed by atoms with Gasteiger partial charge in [0.05, 0.1) is 19.6 Å². The molecule has 0 heterocycles. The van der Waals surface area contributed by atoms with Crippen LogP contribution in [-0.4, -0.2) is 41.3 Å². The molecule has 2 atom stereocenters. The summed E-state index contributed by atoms with van der Waals surface area (Å²) in [6.45, 7) is 2.52. The third kappa shape index (κ3) is 3.83. The van der Waals surface area contributed by atoms with Crippen molar-refractivity contribution in [2.24, 2.45) is 0 Å². The highest BCUT2D eigenvalue weighted by atomic mass is 16.5. The number of hydrogen-bond acceptors (Lipinski definition) is 4.